The third kappa shape index (κ3) is 5.06. The summed E-state index contributed by atoms with van der Waals surface area (Å²) in [5.74, 6) is 0.665. The van der Waals surface area contributed by atoms with Crippen LogP contribution in [0.1, 0.15) is 22.3 Å². The van der Waals surface area contributed by atoms with E-state index in [1.165, 1.54) is 61.2 Å². The Morgan fingerprint density at radius 2 is 0.758 bits per heavy atom. The molecule has 0 atom stereocenters. The van der Waals surface area contributed by atoms with Crippen molar-refractivity contribution >= 4 is 21.9 Å². The van der Waals surface area contributed by atoms with Crippen molar-refractivity contribution in [3.8, 4) is 78.4 Å². The van der Waals surface area contributed by atoms with Gasteiger partial charge in [0.1, 0.15) is 11.2 Å². The van der Waals surface area contributed by atoms with Crippen LogP contribution in [0.3, 0.4) is 0 Å². The molecule has 0 N–H and O–H groups in total. The van der Waals surface area contributed by atoms with Crippen LogP contribution in [0.15, 0.2) is 223 Å². The fraction of sp³-hybridized carbons (Fsp3) is 0.0169. The molecule has 0 amide bonds. The van der Waals surface area contributed by atoms with Gasteiger partial charge in [0.2, 0.25) is 0 Å². The van der Waals surface area contributed by atoms with Crippen LogP contribution >= 0.6 is 0 Å². The van der Waals surface area contributed by atoms with Gasteiger partial charge in [-0.15, -0.1) is 0 Å². The van der Waals surface area contributed by atoms with Crippen LogP contribution in [-0.2, 0) is 5.41 Å². The number of fused-ring (bicyclic) bond motifs is 15. The summed E-state index contributed by atoms with van der Waals surface area (Å²) < 4.78 is 6.23. The van der Waals surface area contributed by atoms with Crippen LogP contribution in [0.2, 0.25) is 0 Å². The zero-order valence-corrected chi connectivity index (χ0v) is 33.6. The van der Waals surface area contributed by atoms with Crippen molar-refractivity contribution < 1.29 is 4.42 Å². The first-order chi connectivity index (χ1) is 30.7. The maximum atomic E-state index is 6.23. The Balaban J connectivity index is 1.03. The van der Waals surface area contributed by atoms with Gasteiger partial charge in [-0.2, -0.15) is 0 Å². The molecule has 1 spiro atoms. The molecule has 2 aromatic heterocycles. The summed E-state index contributed by atoms with van der Waals surface area (Å²) in [6.45, 7) is 0. The summed E-state index contributed by atoms with van der Waals surface area (Å²) in [5.41, 5.74) is 20.9. The molecular weight excluding hydrogens is 753 g/mol. The molecule has 0 aliphatic heterocycles. The fourth-order valence-corrected chi connectivity index (χ4v) is 10.4. The molecular formula is C59H36N2O. The molecule has 0 fully saturated rings. The number of hydrogen-bond acceptors (Lipinski definition) is 3. The molecule has 13 rings (SSSR count). The van der Waals surface area contributed by atoms with Crippen molar-refractivity contribution in [2.45, 2.75) is 5.41 Å². The Hall–Kier alpha value is -8.14. The Kier molecular flexibility index (Phi) is 7.52. The number of aromatic nitrogens is 2. The van der Waals surface area contributed by atoms with E-state index in [9.17, 15) is 0 Å². The number of furan rings is 1. The molecule has 9 aromatic carbocycles. The van der Waals surface area contributed by atoms with E-state index in [2.05, 4.69) is 200 Å². The Morgan fingerprint density at radius 1 is 0.290 bits per heavy atom. The van der Waals surface area contributed by atoms with E-state index >= 15 is 0 Å². The van der Waals surface area contributed by atoms with Gasteiger partial charge in [0.25, 0.3) is 0 Å². The van der Waals surface area contributed by atoms with Crippen LogP contribution in [0.5, 0.6) is 0 Å². The highest BCUT2D eigenvalue weighted by Gasteiger charge is 2.49. The van der Waals surface area contributed by atoms with E-state index in [1.54, 1.807) is 0 Å². The van der Waals surface area contributed by atoms with E-state index in [1.807, 2.05) is 18.2 Å². The van der Waals surface area contributed by atoms with Crippen molar-refractivity contribution in [2.75, 3.05) is 0 Å². The maximum Gasteiger partial charge on any atom is 0.160 e. The second-order valence-corrected chi connectivity index (χ2v) is 16.4. The smallest absolute Gasteiger partial charge is 0.160 e. The molecule has 288 valence electrons. The quantitative estimate of drug-likeness (QED) is 0.178. The average molecular weight is 789 g/mol. The van der Waals surface area contributed by atoms with Gasteiger partial charge in [0, 0.05) is 27.5 Å². The van der Waals surface area contributed by atoms with E-state index in [4.69, 9.17) is 14.4 Å². The lowest BCUT2D eigenvalue weighted by Gasteiger charge is -2.35. The van der Waals surface area contributed by atoms with E-state index < -0.39 is 5.41 Å². The van der Waals surface area contributed by atoms with Crippen LogP contribution in [-0.4, -0.2) is 9.97 Å². The van der Waals surface area contributed by atoms with Gasteiger partial charge in [-0.05, 0) is 103 Å². The van der Waals surface area contributed by atoms with Crippen LogP contribution in [0.4, 0.5) is 0 Å². The predicted molar refractivity (Wildman–Crippen MR) is 253 cm³/mol. The standard InChI is InChI=1S/C59H36N2O/c1-2-14-37(15-3-1)38-26-28-39(29-27-38)54-36-55(61-58(60-54)41-31-33-57-49(35-41)47-21-9-13-25-56(47)62-57)40-30-32-53-48(34-40)46-20-8-12-24-52(46)59(53)50-22-10-6-18-44(50)42-16-4-5-17-43(42)45-19-7-11-23-51(45)59/h1-36H. The maximum absolute atomic E-state index is 6.23. The molecule has 3 nitrogen and oxygen atoms in total. The molecule has 2 heterocycles. The first kappa shape index (κ1) is 34.7. The molecule has 62 heavy (non-hydrogen) atoms. The third-order valence-corrected chi connectivity index (χ3v) is 13.2. The topological polar surface area (TPSA) is 38.9 Å². The van der Waals surface area contributed by atoms with E-state index in [-0.39, 0.29) is 0 Å². The summed E-state index contributed by atoms with van der Waals surface area (Å²) in [5, 5.41) is 2.12. The highest BCUT2D eigenvalue weighted by molar-refractivity contribution is 6.06. The van der Waals surface area contributed by atoms with Gasteiger partial charge in [-0.3, -0.25) is 0 Å². The number of hydrogen-bond donors (Lipinski definition) is 0. The lowest BCUT2D eigenvalue weighted by atomic mass is 9.66. The van der Waals surface area contributed by atoms with Gasteiger partial charge in [-0.25, -0.2) is 9.97 Å². The second-order valence-electron chi connectivity index (χ2n) is 16.4. The molecule has 3 heteroatoms. The lowest BCUT2D eigenvalue weighted by molar-refractivity contribution is 0.669. The predicted octanol–water partition coefficient (Wildman–Crippen LogP) is 15.1. The fourth-order valence-electron chi connectivity index (χ4n) is 10.4. The molecule has 11 aromatic rings. The van der Waals surface area contributed by atoms with Crippen molar-refractivity contribution in [1.29, 1.82) is 0 Å². The SMILES string of the molecule is c1ccc(-c2ccc(-c3cc(-c4ccc5c(c4)-c4ccccc4C54c5ccccc5-c5ccccc5-c5ccccc54)nc(-c4ccc5oc6ccccc6c5c4)n3)cc2)cc1. The first-order valence-corrected chi connectivity index (χ1v) is 21.2. The molecule has 0 saturated carbocycles. The van der Waals surface area contributed by atoms with Gasteiger partial charge in [0.15, 0.2) is 5.82 Å². The summed E-state index contributed by atoms with van der Waals surface area (Å²) in [4.78, 5) is 10.7. The Labute approximate surface area is 359 Å². The third-order valence-electron chi connectivity index (χ3n) is 13.2. The van der Waals surface area contributed by atoms with Gasteiger partial charge in [0.05, 0.1) is 16.8 Å². The molecule has 2 aliphatic carbocycles. The van der Waals surface area contributed by atoms with Crippen LogP contribution in [0, 0.1) is 0 Å². The molecule has 0 radical (unpaired) electrons. The Bertz CT molecular complexity index is 3510. The number of para-hydroxylation sites is 1. The Morgan fingerprint density at radius 3 is 1.44 bits per heavy atom. The average Bonchev–Trinajstić information content (AvgIpc) is 3.84. The minimum absolute atomic E-state index is 0.540. The normalized spacial score (nSPS) is 13.0. The number of nitrogens with zero attached hydrogens (tertiary/aromatic N) is 2. The minimum Gasteiger partial charge on any atom is -0.456 e. The summed E-state index contributed by atoms with van der Waals surface area (Å²) in [7, 11) is 0. The lowest BCUT2D eigenvalue weighted by Crippen LogP contribution is -2.29. The van der Waals surface area contributed by atoms with Crippen molar-refractivity contribution in [2.24, 2.45) is 0 Å². The van der Waals surface area contributed by atoms with Crippen LogP contribution in [0.25, 0.3) is 100 Å². The number of benzene rings is 9. The molecule has 2 aliphatic rings. The minimum atomic E-state index is -0.540. The van der Waals surface area contributed by atoms with Crippen molar-refractivity contribution in [1.82, 2.24) is 9.97 Å². The highest BCUT2D eigenvalue weighted by atomic mass is 16.3. The molecule has 0 unspecified atom stereocenters. The molecule has 0 bridgehead atoms. The summed E-state index contributed by atoms with van der Waals surface area (Å²) >= 11 is 0. The zero-order chi connectivity index (χ0) is 40.8. The van der Waals surface area contributed by atoms with Gasteiger partial charge in [-0.1, -0.05) is 182 Å². The van der Waals surface area contributed by atoms with E-state index in [0.29, 0.717) is 5.82 Å². The summed E-state index contributed by atoms with van der Waals surface area (Å²) in [6.07, 6.45) is 0. The monoisotopic (exact) mass is 788 g/mol. The first-order valence-electron chi connectivity index (χ1n) is 21.2. The van der Waals surface area contributed by atoms with Crippen molar-refractivity contribution in [3.63, 3.8) is 0 Å². The van der Waals surface area contributed by atoms with Gasteiger partial charge < -0.3 is 4.42 Å². The zero-order valence-electron chi connectivity index (χ0n) is 33.6. The van der Waals surface area contributed by atoms with Crippen LogP contribution < -0.4 is 0 Å². The van der Waals surface area contributed by atoms with Crippen molar-refractivity contribution in [3.05, 3.63) is 241 Å². The highest BCUT2D eigenvalue weighted by Crippen LogP contribution is 2.61. The summed E-state index contributed by atoms with van der Waals surface area (Å²) in [6, 6.07) is 78.8. The second kappa shape index (κ2) is 13.4. The van der Waals surface area contributed by atoms with E-state index in [0.717, 1.165) is 55.6 Å². The number of rotatable bonds is 4. The largest absolute Gasteiger partial charge is 0.456 e. The molecule has 0 saturated heterocycles. The van der Waals surface area contributed by atoms with Gasteiger partial charge >= 0.3 is 0 Å².